The first-order valence-electron chi connectivity index (χ1n) is 6.59. The third kappa shape index (κ3) is 2.62. The third-order valence-corrected chi connectivity index (χ3v) is 3.20. The lowest BCUT2D eigenvalue weighted by atomic mass is 10.1. The lowest BCUT2D eigenvalue weighted by molar-refractivity contribution is 0.0733. The van der Waals surface area contributed by atoms with Crippen molar-refractivity contribution in [3.63, 3.8) is 0 Å². The lowest BCUT2D eigenvalue weighted by Gasteiger charge is -2.24. The standard InChI is InChI=1S/C16H17N3O/c1-11(2)19(9-8-17)16(20)14-10-12(3)18-15-7-5-4-6-13(14)15/h4-7,10-11H,9H2,1-3H3. The number of carbonyl (C=O) groups excluding carboxylic acids is 1. The summed E-state index contributed by atoms with van der Waals surface area (Å²) in [6.45, 7) is 5.77. The number of aromatic nitrogens is 1. The van der Waals surface area contributed by atoms with Crippen LogP contribution in [0.4, 0.5) is 0 Å². The molecule has 0 spiro atoms. The SMILES string of the molecule is Cc1cc(C(=O)N(CC#N)C(C)C)c2ccccc2n1. The zero-order valence-electron chi connectivity index (χ0n) is 11.9. The minimum absolute atomic E-state index is 0.0191. The van der Waals surface area contributed by atoms with E-state index in [0.29, 0.717) is 5.56 Å². The minimum atomic E-state index is -0.122. The number of para-hydroxylation sites is 1. The molecule has 102 valence electrons. The quantitative estimate of drug-likeness (QED) is 0.803. The number of nitrogens with zero attached hydrogens (tertiary/aromatic N) is 3. The second kappa shape index (κ2) is 5.70. The summed E-state index contributed by atoms with van der Waals surface area (Å²) in [5, 5.41) is 9.72. The molecule has 0 aliphatic heterocycles. The van der Waals surface area contributed by atoms with Gasteiger partial charge in [0, 0.05) is 17.1 Å². The van der Waals surface area contributed by atoms with Crippen molar-refractivity contribution in [3.05, 3.63) is 41.6 Å². The van der Waals surface area contributed by atoms with Crippen LogP contribution in [0.3, 0.4) is 0 Å². The van der Waals surface area contributed by atoms with E-state index in [1.807, 2.05) is 45.0 Å². The molecule has 0 saturated heterocycles. The van der Waals surface area contributed by atoms with Crippen molar-refractivity contribution < 1.29 is 4.79 Å². The van der Waals surface area contributed by atoms with Crippen LogP contribution >= 0.6 is 0 Å². The summed E-state index contributed by atoms with van der Waals surface area (Å²) in [6, 6.07) is 11.4. The van der Waals surface area contributed by atoms with Crippen molar-refractivity contribution in [1.82, 2.24) is 9.88 Å². The van der Waals surface area contributed by atoms with Crippen molar-refractivity contribution in [3.8, 4) is 6.07 Å². The van der Waals surface area contributed by atoms with Gasteiger partial charge in [0.25, 0.3) is 5.91 Å². The first kappa shape index (κ1) is 14.0. The predicted molar refractivity (Wildman–Crippen MR) is 78.3 cm³/mol. The molecular weight excluding hydrogens is 250 g/mol. The average molecular weight is 267 g/mol. The Bertz CT molecular complexity index is 686. The largest absolute Gasteiger partial charge is 0.323 e. The molecule has 0 N–H and O–H groups in total. The molecule has 20 heavy (non-hydrogen) atoms. The van der Waals surface area contributed by atoms with E-state index in [9.17, 15) is 4.79 Å². The van der Waals surface area contributed by atoms with Gasteiger partial charge >= 0.3 is 0 Å². The van der Waals surface area contributed by atoms with E-state index in [2.05, 4.69) is 11.1 Å². The van der Waals surface area contributed by atoms with Crippen LogP contribution < -0.4 is 0 Å². The number of nitriles is 1. The van der Waals surface area contributed by atoms with E-state index in [-0.39, 0.29) is 18.5 Å². The first-order valence-corrected chi connectivity index (χ1v) is 6.59. The molecule has 0 aliphatic carbocycles. The molecule has 0 aliphatic rings. The summed E-state index contributed by atoms with van der Waals surface area (Å²) in [5.41, 5.74) is 2.21. The van der Waals surface area contributed by atoms with Crippen LogP contribution in [-0.2, 0) is 0 Å². The Hall–Kier alpha value is -2.41. The summed E-state index contributed by atoms with van der Waals surface area (Å²) in [6.07, 6.45) is 0. The van der Waals surface area contributed by atoms with Gasteiger partial charge < -0.3 is 4.90 Å². The Kier molecular flexibility index (Phi) is 3.99. The molecule has 1 aromatic carbocycles. The summed E-state index contributed by atoms with van der Waals surface area (Å²) >= 11 is 0. The molecule has 0 unspecified atom stereocenters. The van der Waals surface area contributed by atoms with Gasteiger partial charge in [0.05, 0.1) is 17.1 Å². The summed E-state index contributed by atoms with van der Waals surface area (Å²) in [4.78, 5) is 18.7. The van der Waals surface area contributed by atoms with Crippen LogP contribution in [0.25, 0.3) is 10.9 Å². The second-order valence-electron chi connectivity index (χ2n) is 5.01. The van der Waals surface area contributed by atoms with Crippen LogP contribution in [0.1, 0.15) is 29.9 Å². The number of fused-ring (bicyclic) bond motifs is 1. The maximum Gasteiger partial charge on any atom is 0.255 e. The van der Waals surface area contributed by atoms with E-state index in [4.69, 9.17) is 5.26 Å². The van der Waals surface area contributed by atoms with Crippen LogP contribution in [0.15, 0.2) is 30.3 Å². The Balaban J connectivity index is 2.57. The van der Waals surface area contributed by atoms with E-state index in [1.54, 1.807) is 11.0 Å². The third-order valence-electron chi connectivity index (χ3n) is 3.20. The highest BCUT2D eigenvalue weighted by molar-refractivity contribution is 6.06. The van der Waals surface area contributed by atoms with Crippen molar-refractivity contribution in [1.29, 1.82) is 5.26 Å². The number of carbonyl (C=O) groups is 1. The van der Waals surface area contributed by atoms with Gasteiger partial charge in [-0.05, 0) is 32.9 Å². The van der Waals surface area contributed by atoms with Gasteiger partial charge in [-0.1, -0.05) is 18.2 Å². The molecule has 1 heterocycles. The molecule has 0 fully saturated rings. The zero-order valence-corrected chi connectivity index (χ0v) is 11.9. The molecule has 0 atom stereocenters. The highest BCUT2D eigenvalue weighted by Crippen LogP contribution is 2.20. The summed E-state index contributed by atoms with van der Waals surface area (Å²) < 4.78 is 0. The van der Waals surface area contributed by atoms with Crippen molar-refractivity contribution >= 4 is 16.8 Å². The number of hydrogen-bond donors (Lipinski definition) is 0. The van der Waals surface area contributed by atoms with E-state index in [1.165, 1.54) is 0 Å². The van der Waals surface area contributed by atoms with Gasteiger partial charge in [0.15, 0.2) is 0 Å². The van der Waals surface area contributed by atoms with Gasteiger partial charge in [-0.3, -0.25) is 9.78 Å². The molecule has 4 nitrogen and oxygen atoms in total. The Morgan fingerprint density at radius 3 is 2.75 bits per heavy atom. The summed E-state index contributed by atoms with van der Waals surface area (Å²) in [7, 11) is 0. The number of aryl methyl sites for hydroxylation is 1. The molecule has 2 aromatic rings. The smallest absolute Gasteiger partial charge is 0.255 e. The lowest BCUT2D eigenvalue weighted by Crippen LogP contribution is -2.37. The van der Waals surface area contributed by atoms with Crippen LogP contribution in [0, 0.1) is 18.3 Å². The van der Waals surface area contributed by atoms with Crippen LogP contribution in [0.5, 0.6) is 0 Å². The maximum absolute atomic E-state index is 12.7. The second-order valence-corrected chi connectivity index (χ2v) is 5.01. The van der Waals surface area contributed by atoms with Gasteiger partial charge in [-0.2, -0.15) is 5.26 Å². The normalized spacial score (nSPS) is 10.6. The fourth-order valence-electron chi connectivity index (χ4n) is 2.20. The fraction of sp³-hybridized carbons (Fsp3) is 0.312. The van der Waals surface area contributed by atoms with E-state index in [0.717, 1.165) is 16.6 Å². The highest BCUT2D eigenvalue weighted by atomic mass is 16.2. The van der Waals surface area contributed by atoms with Gasteiger partial charge in [0.2, 0.25) is 0 Å². The monoisotopic (exact) mass is 267 g/mol. The highest BCUT2D eigenvalue weighted by Gasteiger charge is 2.21. The number of benzene rings is 1. The number of pyridine rings is 1. The molecule has 0 bridgehead atoms. The van der Waals surface area contributed by atoms with Gasteiger partial charge in [0.1, 0.15) is 6.54 Å². The van der Waals surface area contributed by atoms with Crippen molar-refractivity contribution in [2.45, 2.75) is 26.8 Å². The van der Waals surface area contributed by atoms with Crippen molar-refractivity contribution in [2.24, 2.45) is 0 Å². The Labute approximate surface area is 118 Å². The zero-order chi connectivity index (χ0) is 14.7. The molecule has 0 saturated carbocycles. The van der Waals surface area contributed by atoms with Crippen LogP contribution in [0.2, 0.25) is 0 Å². The van der Waals surface area contributed by atoms with Gasteiger partial charge in [-0.25, -0.2) is 0 Å². The molecule has 4 heteroatoms. The Morgan fingerprint density at radius 2 is 2.10 bits per heavy atom. The molecule has 1 aromatic heterocycles. The van der Waals surface area contributed by atoms with E-state index < -0.39 is 0 Å². The average Bonchev–Trinajstić information content (AvgIpc) is 2.42. The summed E-state index contributed by atoms with van der Waals surface area (Å²) in [5.74, 6) is -0.122. The molecule has 2 rings (SSSR count). The molecule has 0 radical (unpaired) electrons. The van der Waals surface area contributed by atoms with E-state index >= 15 is 0 Å². The fourth-order valence-corrected chi connectivity index (χ4v) is 2.20. The maximum atomic E-state index is 12.7. The van der Waals surface area contributed by atoms with Crippen molar-refractivity contribution in [2.75, 3.05) is 6.54 Å². The number of amides is 1. The predicted octanol–water partition coefficient (Wildman–Crippen LogP) is 2.92. The molecular formula is C16H17N3O. The first-order chi connectivity index (χ1) is 9.54. The molecule has 1 amide bonds. The van der Waals surface area contributed by atoms with Gasteiger partial charge in [-0.15, -0.1) is 0 Å². The number of hydrogen-bond acceptors (Lipinski definition) is 3. The topological polar surface area (TPSA) is 57.0 Å². The van der Waals surface area contributed by atoms with Crippen LogP contribution in [-0.4, -0.2) is 28.4 Å². The number of rotatable bonds is 3. The Morgan fingerprint density at radius 1 is 1.40 bits per heavy atom. The minimum Gasteiger partial charge on any atom is -0.323 e.